The molecular formula is C44H66O25. The normalized spacial score (nSPS) is 39.3. The van der Waals surface area contributed by atoms with E-state index in [-0.39, 0.29) is 22.3 Å². The number of aliphatic hydroxyl groups excluding tert-OH is 10. The molecule has 0 aliphatic carbocycles. The van der Waals surface area contributed by atoms with Gasteiger partial charge in [0.05, 0.1) is 0 Å². The minimum Gasteiger partial charge on any atom is -0.459 e. The predicted molar refractivity (Wildman–Crippen MR) is 227 cm³/mol. The van der Waals surface area contributed by atoms with E-state index in [1.807, 2.05) is 0 Å². The first-order valence-corrected chi connectivity index (χ1v) is 22.1. The fourth-order valence-corrected chi connectivity index (χ4v) is 6.93. The van der Waals surface area contributed by atoms with E-state index in [9.17, 15) is 70.2 Å². The number of allylic oxidation sites excluding steroid dienone is 4. The number of esters is 4. The molecule has 0 unspecified atom stereocenters. The predicted octanol–water partition coefficient (Wildman–Crippen LogP) is -3.68. The lowest BCUT2D eigenvalue weighted by atomic mass is 9.96. The molecule has 25 heteroatoms. The van der Waals surface area contributed by atoms with Crippen LogP contribution in [0.5, 0.6) is 0 Å². The average molecular weight is 995 g/mol. The number of ether oxygens (including phenoxy) is 11. The lowest BCUT2D eigenvalue weighted by molar-refractivity contribution is -0.414. The molecule has 69 heavy (non-hydrogen) atoms. The number of carbonyl (C=O) groups is 4. The Bertz CT molecular complexity index is 1740. The molecule has 4 aliphatic rings. The van der Waals surface area contributed by atoms with Gasteiger partial charge in [0.25, 0.3) is 0 Å². The fraction of sp³-hybridized carbons (Fsp3) is 0.727. The molecule has 4 aliphatic heterocycles. The third-order valence-corrected chi connectivity index (χ3v) is 12.0. The van der Waals surface area contributed by atoms with E-state index in [1.165, 1.54) is 52.0 Å². The Hall–Kier alpha value is -3.84. The molecule has 0 bridgehead atoms. The molecule has 0 aromatic rings. The minimum absolute atomic E-state index is 0.151. The first-order valence-electron chi connectivity index (χ1n) is 22.1. The summed E-state index contributed by atoms with van der Waals surface area (Å²) in [5, 5.41) is 111. The summed E-state index contributed by atoms with van der Waals surface area (Å²) in [5.74, 6) is -3.33. The van der Waals surface area contributed by atoms with Crippen LogP contribution in [0.4, 0.5) is 0 Å². The zero-order valence-corrected chi connectivity index (χ0v) is 39.3. The molecule has 25 nitrogen and oxygen atoms in total. The van der Waals surface area contributed by atoms with E-state index in [1.54, 1.807) is 27.7 Å². The van der Waals surface area contributed by atoms with E-state index in [2.05, 4.69) is 0 Å². The molecule has 4 saturated heterocycles. The maximum absolute atomic E-state index is 12.6. The second kappa shape index (κ2) is 26.0. The van der Waals surface area contributed by atoms with E-state index in [4.69, 9.17) is 52.1 Å². The van der Waals surface area contributed by atoms with Gasteiger partial charge in [-0.2, -0.15) is 0 Å². The molecule has 0 radical (unpaired) electrons. The van der Waals surface area contributed by atoms with Crippen LogP contribution in [0.2, 0.25) is 0 Å². The Balaban J connectivity index is 1.73. The molecule has 0 amide bonds. The summed E-state index contributed by atoms with van der Waals surface area (Å²) in [6, 6.07) is 0. The van der Waals surface area contributed by atoms with Crippen LogP contribution in [0.25, 0.3) is 0 Å². The van der Waals surface area contributed by atoms with E-state index in [0.29, 0.717) is 0 Å². The highest BCUT2D eigenvalue weighted by molar-refractivity contribution is 5.88. The van der Waals surface area contributed by atoms with Crippen molar-refractivity contribution in [2.45, 2.75) is 178 Å². The molecule has 10 N–H and O–H groups in total. The van der Waals surface area contributed by atoms with Crippen molar-refractivity contribution in [3.63, 3.8) is 0 Å². The second-order valence-corrected chi connectivity index (χ2v) is 16.7. The Morgan fingerprint density at radius 1 is 0.348 bits per heavy atom. The number of hydrogen-bond donors (Lipinski definition) is 10. The summed E-state index contributed by atoms with van der Waals surface area (Å²) in [5.41, 5.74) is 0.668. The van der Waals surface area contributed by atoms with Crippen LogP contribution in [0.1, 0.15) is 55.4 Å². The molecule has 20 atom stereocenters. The molecule has 392 valence electrons. The lowest BCUT2D eigenvalue weighted by Gasteiger charge is -2.49. The Labute approximate surface area is 396 Å². The van der Waals surface area contributed by atoms with Crippen LogP contribution < -0.4 is 0 Å². The molecule has 4 fully saturated rings. The van der Waals surface area contributed by atoms with E-state index in [0.717, 1.165) is 0 Å². The van der Waals surface area contributed by atoms with Crippen molar-refractivity contribution >= 4 is 23.9 Å². The van der Waals surface area contributed by atoms with Crippen LogP contribution in [0.15, 0.2) is 46.6 Å². The van der Waals surface area contributed by atoms with E-state index < -0.39 is 173 Å². The average Bonchev–Trinajstić information content (AvgIpc) is 3.34. The van der Waals surface area contributed by atoms with Crippen LogP contribution in [0, 0.1) is 0 Å². The van der Waals surface area contributed by atoms with Crippen molar-refractivity contribution in [1.29, 1.82) is 0 Å². The van der Waals surface area contributed by atoms with Crippen LogP contribution in [0.3, 0.4) is 0 Å². The van der Waals surface area contributed by atoms with Gasteiger partial charge >= 0.3 is 23.9 Å². The van der Waals surface area contributed by atoms with Gasteiger partial charge in [0.15, 0.2) is 25.2 Å². The smallest absolute Gasteiger partial charge is 0.333 e. The van der Waals surface area contributed by atoms with Gasteiger partial charge < -0.3 is 103 Å². The summed E-state index contributed by atoms with van der Waals surface area (Å²) in [6.45, 7) is 9.13. The molecule has 4 heterocycles. The van der Waals surface area contributed by atoms with Crippen molar-refractivity contribution in [3.05, 3.63) is 46.6 Å². The van der Waals surface area contributed by atoms with Gasteiger partial charge in [0.2, 0.25) is 0 Å². The van der Waals surface area contributed by atoms with Crippen molar-refractivity contribution in [3.8, 4) is 0 Å². The van der Waals surface area contributed by atoms with Crippen molar-refractivity contribution in [2.75, 3.05) is 26.4 Å². The summed E-state index contributed by atoms with van der Waals surface area (Å²) in [6.07, 6.45) is -33.5. The number of rotatable bonds is 18. The van der Waals surface area contributed by atoms with Gasteiger partial charge in [-0.1, -0.05) is 24.3 Å². The van der Waals surface area contributed by atoms with Gasteiger partial charge in [-0.05, 0) is 55.4 Å². The third kappa shape index (κ3) is 14.2. The highest BCUT2D eigenvalue weighted by Crippen LogP contribution is 2.35. The summed E-state index contributed by atoms with van der Waals surface area (Å²) in [7, 11) is 0. The maximum Gasteiger partial charge on any atom is 0.333 e. The first-order chi connectivity index (χ1) is 32.5. The van der Waals surface area contributed by atoms with Crippen LogP contribution in [-0.4, -0.2) is 224 Å². The third-order valence-electron chi connectivity index (χ3n) is 12.0. The zero-order chi connectivity index (χ0) is 51.6. The zero-order valence-electron chi connectivity index (χ0n) is 39.3. The quantitative estimate of drug-likeness (QED) is 0.0359. The monoisotopic (exact) mass is 994 g/mol. The van der Waals surface area contributed by atoms with Crippen molar-refractivity contribution < 1.29 is 122 Å². The molecule has 0 saturated carbocycles. The summed E-state index contributed by atoms with van der Waals surface area (Å²) in [4.78, 5) is 50.1. The molecule has 0 spiro atoms. The molecule has 0 aromatic carbocycles. The fourth-order valence-electron chi connectivity index (χ4n) is 6.93. The van der Waals surface area contributed by atoms with E-state index >= 15 is 0 Å². The second-order valence-electron chi connectivity index (χ2n) is 16.7. The number of hydrogen-bond acceptors (Lipinski definition) is 25. The molecular weight excluding hydrogens is 928 g/mol. The standard InChI is InChI=1S/C44H66O25/c1-9-17(5)37(55)59-13-21-25(45)29(49)33(53)41(63-21)67-35-31(51)27(47)23(15-61-39(57)19(7)11-3)65-43(35)69-44-36(32(52)28(48)24(66-44)16-62-40(58)20(8)12-4)68-42-34(54)30(50)26(46)22(64-42)14-60-38(56)18(6)10-2/h9-12,21-36,41-54H,13-16H2,1-8H3/b17-9+,18-10+,19-11+,20-12+/t21-,22-,23-,24-,25-,26-,27-,28-,29+,30+,31+,32+,33-,34-,35-,36-,41+,42+,43-,44-/m0/s1. The Kier molecular flexibility index (Phi) is 21.8. The van der Waals surface area contributed by atoms with Crippen LogP contribution in [-0.2, 0) is 71.3 Å². The molecule has 0 aromatic heterocycles. The number of aliphatic hydroxyl groups is 10. The summed E-state index contributed by atoms with van der Waals surface area (Å²) < 4.78 is 62.3. The SMILES string of the molecule is C/C=C(\C)C(=O)OC[C@@H]1O[C@H](O[C@@H]2[C@H](O[C@@H]3O[C@@H](COC(=O)/C(C)=C/C)[C@H](O)[C@@H](O)[C@@H]3O[C@H]3O[C@@H](COC(=O)/C(C)=C/C)[C@H](O)[C@@H](O)[C@@H]3O)O[C@@H](COC(=O)/C(C)=C/C)[C@H](O)[C@H]2O)[C@@H](O)[C@H](O)[C@H]1O. The highest BCUT2D eigenvalue weighted by Gasteiger charge is 2.56. The van der Waals surface area contributed by atoms with Gasteiger partial charge in [0, 0.05) is 22.3 Å². The summed E-state index contributed by atoms with van der Waals surface area (Å²) >= 11 is 0. The maximum atomic E-state index is 12.6. The van der Waals surface area contributed by atoms with Gasteiger partial charge in [-0.3, -0.25) is 0 Å². The van der Waals surface area contributed by atoms with Crippen molar-refractivity contribution in [2.24, 2.45) is 0 Å². The number of carbonyl (C=O) groups excluding carboxylic acids is 4. The van der Waals surface area contributed by atoms with Crippen molar-refractivity contribution in [1.82, 2.24) is 0 Å². The van der Waals surface area contributed by atoms with Crippen LogP contribution >= 0.6 is 0 Å². The largest absolute Gasteiger partial charge is 0.459 e. The highest BCUT2D eigenvalue weighted by atomic mass is 16.8. The van der Waals surface area contributed by atoms with Gasteiger partial charge in [-0.15, -0.1) is 0 Å². The topological polar surface area (TPSA) is 372 Å². The first kappa shape index (κ1) is 57.7. The Morgan fingerprint density at radius 2 is 0.580 bits per heavy atom. The van der Waals surface area contributed by atoms with Gasteiger partial charge in [-0.25, -0.2) is 19.2 Å². The Morgan fingerprint density at radius 3 is 0.826 bits per heavy atom. The molecule has 4 rings (SSSR count). The lowest BCUT2D eigenvalue weighted by Crippen LogP contribution is -2.67. The minimum atomic E-state index is -2.16. The van der Waals surface area contributed by atoms with Gasteiger partial charge in [0.1, 0.15) is 124 Å².